The second kappa shape index (κ2) is 6.76. The molecule has 1 N–H and O–H groups in total. The van der Waals surface area contributed by atoms with E-state index in [0.29, 0.717) is 25.9 Å². The van der Waals surface area contributed by atoms with Crippen LogP contribution in [0.2, 0.25) is 0 Å². The van der Waals surface area contributed by atoms with Crippen molar-refractivity contribution in [3.63, 3.8) is 0 Å². The van der Waals surface area contributed by atoms with Crippen molar-refractivity contribution in [3.8, 4) is 0 Å². The van der Waals surface area contributed by atoms with Crippen LogP contribution in [0.15, 0.2) is 0 Å². The molecule has 2 saturated carbocycles. The number of amides is 3. The summed E-state index contributed by atoms with van der Waals surface area (Å²) >= 11 is 0. The zero-order chi connectivity index (χ0) is 19.3. The number of carbonyl (C=O) groups excluding carboxylic acids is 2. The van der Waals surface area contributed by atoms with Gasteiger partial charge in [-0.25, -0.2) is 17.9 Å². The molecule has 8 nitrogen and oxygen atoms in total. The van der Waals surface area contributed by atoms with Crippen LogP contribution in [0, 0.1) is 5.92 Å². The third-order valence-corrected chi connectivity index (χ3v) is 8.05. The molecule has 2 aliphatic carbocycles. The molecule has 3 aliphatic rings. The molecule has 9 heteroatoms. The Bertz CT molecular complexity index is 689. The molecule has 0 aromatic carbocycles. The number of nitrogens with zero attached hydrogens (tertiary/aromatic N) is 3. The topological polar surface area (TPSA) is 90.0 Å². The fourth-order valence-corrected chi connectivity index (χ4v) is 5.96. The summed E-state index contributed by atoms with van der Waals surface area (Å²) in [7, 11) is 1.91. The van der Waals surface area contributed by atoms with Crippen molar-refractivity contribution in [1.29, 1.82) is 0 Å². The molecule has 1 aliphatic heterocycles. The molecule has 1 saturated heterocycles. The zero-order valence-electron chi connectivity index (χ0n) is 16.1. The SMILES string of the molecule is CN(C)CCN1C(=O)N(C)C(=O)C2CC(S(=O)(=O)NC3(C)CC3)CCC21. The highest BCUT2D eigenvalue weighted by Crippen LogP contribution is 2.39. The van der Waals surface area contributed by atoms with Crippen molar-refractivity contribution in [2.24, 2.45) is 5.92 Å². The van der Waals surface area contributed by atoms with E-state index in [2.05, 4.69) is 4.72 Å². The quantitative estimate of drug-likeness (QED) is 0.716. The predicted molar refractivity (Wildman–Crippen MR) is 98.0 cm³/mol. The molecule has 3 amide bonds. The first-order chi connectivity index (χ1) is 12.0. The van der Waals surface area contributed by atoms with E-state index in [1.54, 1.807) is 4.90 Å². The largest absolute Gasteiger partial charge is 0.326 e. The Balaban J connectivity index is 1.76. The lowest BCUT2D eigenvalue weighted by Gasteiger charge is -2.47. The van der Waals surface area contributed by atoms with E-state index in [0.717, 1.165) is 17.7 Å². The summed E-state index contributed by atoms with van der Waals surface area (Å²) in [5.74, 6) is -0.694. The molecule has 1 heterocycles. The van der Waals surface area contributed by atoms with Gasteiger partial charge >= 0.3 is 6.03 Å². The highest BCUT2D eigenvalue weighted by Gasteiger charge is 2.51. The Labute approximate surface area is 155 Å². The van der Waals surface area contributed by atoms with Crippen molar-refractivity contribution < 1.29 is 18.0 Å². The van der Waals surface area contributed by atoms with Crippen LogP contribution >= 0.6 is 0 Å². The number of imide groups is 1. The Morgan fingerprint density at radius 3 is 2.46 bits per heavy atom. The van der Waals surface area contributed by atoms with Gasteiger partial charge in [-0.05, 0) is 53.1 Å². The first-order valence-corrected chi connectivity index (χ1v) is 10.8. The van der Waals surface area contributed by atoms with Crippen molar-refractivity contribution in [1.82, 2.24) is 19.4 Å². The molecule has 26 heavy (non-hydrogen) atoms. The van der Waals surface area contributed by atoms with E-state index < -0.39 is 21.2 Å². The van der Waals surface area contributed by atoms with Gasteiger partial charge in [-0.3, -0.25) is 9.69 Å². The number of rotatable bonds is 6. The van der Waals surface area contributed by atoms with E-state index in [9.17, 15) is 18.0 Å². The lowest BCUT2D eigenvalue weighted by molar-refractivity contribution is -0.139. The Kier molecular flexibility index (Phi) is 5.09. The van der Waals surface area contributed by atoms with E-state index in [1.807, 2.05) is 25.9 Å². The fraction of sp³-hybridized carbons (Fsp3) is 0.882. The van der Waals surface area contributed by atoms with Gasteiger partial charge in [-0.2, -0.15) is 0 Å². The number of carbonyl (C=O) groups is 2. The van der Waals surface area contributed by atoms with Gasteiger partial charge in [0.2, 0.25) is 15.9 Å². The average molecular weight is 387 g/mol. The van der Waals surface area contributed by atoms with Gasteiger partial charge in [0.05, 0.1) is 11.2 Å². The molecule has 3 rings (SSSR count). The minimum Gasteiger partial charge on any atom is -0.319 e. The van der Waals surface area contributed by atoms with Crippen LogP contribution in [0.5, 0.6) is 0 Å². The number of likely N-dealkylation sites (N-methyl/N-ethyl adjacent to an activating group) is 1. The van der Waals surface area contributed by atoms with Crippen LogP contribution in [0.4, 0.5) is 4.79 Å². The standard InChI is InChI=1S/C17H30N4O4S/c1-17(7-8-17)18-26(24,25)12-5-6-14-13(11-12)15(22)20(4)16(23)21(14)10-9-19(2)3/h12-14,18H,5-11H2,1-4H3. The third-order valence-electron chi connectivity index (χ3n) is 5.96. The number of nitrogens with one attached hydrogen (secondary N) is 1. The highest BCUT2D eigenvalue weighted by molar-refractivity contribution is 7.90. The van der Waals surface area contributed by atoms with Crippen molar-refractivity contribution >= 4 is 22.0 Å². The number of sulfonamides is 1. The molecule has 0 spiro atoms. The van der Waals surface area contributed by atoms with Gasteiger partial charge in [0.1, 0.15) is 0 Å². The predicted octanol–water partition coefficient (Wildman–Crippen LogP) is 0.451. The number of fused-ring (bicyclic) bond motifs is 1. The van der Waals surface area contributed by atoms with Crippen molar-refractivity contribution in [2.75, 3.05) is 34.2 Å². The van der Waals surface area contributed by atoms with Crippen LogP contribution in [-0.4, -0.2) is 86.1 Å². The number of hydrogen-bond acceptors (Lipinski definition) is 5. The van der Waals surface area contributed by atoms with Crippen LogP contribution in [0.1, 0.15) is 39.0 Å². The second-order valence-electron chi connectivity index (χ2n) is 8.49. The molecule has 3 atom stereocenters. The lowest BCUT2D eigenvalue weighted by Crippen LogP contribution is -2.63. The molecule has 0 radical (unpaired) electrons. The Hall–Kier alpha value is -1.19. The van der Waals surface area contributed by atoms with E-state index >= 15 is 0 Å². The van der Waals surface area contributed by atoms with Crippen LogP contribution in [0.3, 0.4) is 0 Å². The summed E-state index contributed by atoms with van der Waals surface area (Å²) in [5, 5.41) is -0.567. The van der Waals surface area contributed by atoms with Crippen LogP contribution < -0.4 is 4.72 Å². The monoisotopic (exact) mass is 386 g/mol. The molecule has 148 valence electrons. The molecule has 0 bridgehead atoms. The first kappa shape index (κ1) is 19.6. The first-order valence-electron chi connectivity index (χ1n) is 9.30. The Morgan fingerprint density at radius 1 is 1.23 bits per heavy atom. The van der Waals surface area contributed by atoms with Gasteiger partial charge in [0.15, 0.2) is 0 Å². The highest BCUT2D eigenvalue weighted by atomic mass is 32.2. The van der Waals surface area contributed by atoms with E-state index in [-0.39, 0.29) is 29.9 Å². The number of urea groups is 1. The van der Waals surface area contributed by atoms with E-state index in [1.165, 1.54) is 7.05 Å². The summed E-state index contributed by atoms with van der Waals surface area (Å²) in [6, 6.07) is -0.475. The summed E-state index contributed by atoms with van der Waals surface area (Å²) in [4.78, 5) is 30.1. The van der Waals surface area contributed by atoms with E-state index in [4.69, 9.17) is 0 Å². The fourth-order valence-electron chi connectivity index (χ4n) is 4.00. The minimum absolute atomic E-state index is 0.200. The third kappa shape index (κ3) is 3.75. The maximum Gasteiger partial charge on any atom is 0.326 e. The molecular weight excluding hydrogens is 356 g/mol. The molecule has 3 fully saturated rings. The smallest absolute Gasteiger partial charge is 0.319 e. The maximum atomic E-state index is 12.7. The summed E-state index contributed by atoms with van der Waals surface area (Å²) in [6.45, 7) is 3.16. The number of hydrogen-bond donors (Lipinski definition) is 1. The summed E-state index contributed by atoms with van der Waals surface area (Å²) in [6.07, 6.45) is 3.03. The Morgan fingerprint density at radius 2 is 1.88 bits per heavy atom. The summed E-state index contributed by atoms with van der Waals surface area (Å²) in [5.41, 5.74) is -0.309. The van der Waals surface area contributed by atoms with Crippen LogP contribution in [0.25, 0.3) is 0 Å². The van der Waals surface area contributed by atoms with Gasteiger partial charge < -0.3 is 9.80 Å². The molecule has 0 aromatic rings. The minimum atomic E-state index is -3.46. The average Bonchev–Trinajstić information content (AvgIpc) is 3.28. The van der Waals surface area contributed by atoms with Crippen LogP contribution in [-0.2, 0) is 14.8 Å². The van der Waals surface area contributed by atoms with Crippen molar-refractivity contribution in [3.05, 3.63) is 0 Å². The lowest BCUT2D eigenvalue weighted by atomic mass is 9.81. The van der Waals surface area contributed by atoms with Gasteiger partial charge in [-0.15, -0.1) is 0 Å². The second-order valence-corrected chi connectivity index (χ2v) is 10.5. The van der Waals surface area contributed by atoms with Gasteiger partial charge in [-0.1, -0.05) is 0 Å². The van der Waals surface area contributed by atoms with Gasteiger partial charge in [0, 0.05) is 31.7 Å². The van der Waals surface area contributed by atoms with Gasteiger partial charge in [0.25, 0.3) is 0 Å². The zero-order valence-corrected chi connectivity index (χ0v) is 16.9. The normalized spacial score (nSPS) is 31.3. The molecular formula is C17H30N4O4S. The molecule has 0 aromatic heterocycles. The maximum absolute atomic E-state index is 12.7. The summed E-state index contributed by atoms with van der Waals surface area (Å²) < 4.78 is 28.3. The van der Waals surface area contributed by atoms with Crippen molar-refractivity contribution in [2.45, 2.75) is 55.9 Å². The molecule has 3 unspecified atom stereocenters.